The molecule has 1 aromatic heterocycles. The van der Waals surface area contributed by atoms with Crippen molar-refractivity contribution in [2.24, 2.45) is 5.92 Å². The molecule has 1 aromatic carbocycles. The zero-order valence-electron chi connectivity index (χ0n) is 14.5. The molecule has 2 N–H and O–H groups in total. The van der Waals surface area contributed by atoms with Crippen LogP contribution in [0.4, 0.5) is 4.39 Å². The Morgan fingerprint density at radius 2 is 2.11 bits per heavy atom. The number of ether oxygens (including phenoxy) is 1. The quantitative estimate of drug-likeness (QED) is 0.760. The minimum atomic E-state index is -0.593. The van der Waals surface area contributed by atoms with E-state index in [-0.39, 0.29) is 35.2 Å². The maximum absolute atomic E-state index is 13.3. The van der Waals surface area contributed by atoms with Crippen molar-refractivity contribution in [2.45, 2.75) is 18.9 Å². The highest BCUT2D eigenvalue weighted by Gasteiger charge is 2.30. The second kappa shape index (κ2) is 8.81. The predicted molar refractivity (Wildman–Crippen MR) is 98.1 cm³/mol. The molecule has 0 aliphatic heterocycles. The Morgan fingerprint density at radius 3 is 2.81 bits per heavy atom. The van der Waals surface area contributed by atoms with Crippen LogP contribution in [0.15, 0.2) is 42.7 Å². The van der Waals surface area contributed by atoms with E-state index in [2.05, 4.69) is 15.6 Å². The summed E-state index contributed by atoms with van der Waals surface area (Å²) in [7, 11) is 0. The number of pyridine rings is 1. The van der Waals surface area contributed by atoms with Gasteiger partial charge in [0, 0.05) is 31.0 Å². The molecular formula is C19H19ClFN3O3. The lowest BCUT2D eigenvalue weighted by atomic mass is 9.80. The number of carbonyl (C=O) groups is 2. The molecule has 0 saturated heterocycles. The lowest BCUT2D eigenvalue weighted by molar-refractivity contribution is -0.124. The minimum Gasteiger partial charge on any atom is -0.484 e. The first-order chi connectivity index (χ1) is 13.0. The number of benzene rings is 1. The summed E-state index contributed by atoms with van der Waals surface area (Å²) in [6.07, 6.45) is 4.71. The number of nitrogens with one attached hydrogen (secondary N) is 2. The van der Waals surface area contributed by atoms with Crippen molar-refractivity contribution in [3.05, 3.63) is 59.1 Å². The number of rotatable bonds is 7. The molecule has 0 bridgehead atoms. The van der Waals surface area contributed by atoms with Crippen molar-refractivity contribution >= 4 is 23.4 Å². The van der Waals surface area contributed by atoms with Crippen LogP contribution < -0.4 is 15.4 Å². The lowest BCUT2D eigenvalue weighted by Gasteiger charge is -2.35. The van der Waals surface area contributed by atoms with Gasteiger partial charge < -0.3 is 15.4 Å². The number of halogens is 2. The summed E-state index contributed by atoms with van der Waals surface area (Å²) in [5.74, 6) is -0.448. The summed E-state index contributed by atoms with van der Waals surface area (Å²) in [4.78, 5) is 27.8. The van der Waals surface area contributed by atoms with Gasteiger partial charge >= 0.3 is 0 Å². The summed E-state index contributed by atoms with van der Waals surface area (Å²) in [5.41, 5.74) is 0.525. The number of hydrogen-bond donors (Lipinski definition) is 2. The van der Waals surface area contributed by atoms with Crippen molar-refractivity contribution in [1.82, 2.24) is 15.6 Å². The standard InChI is InChI=1S/C19H19ClFN3O3/c20-16-4-3-15(8-17(16)21)27-11-18(25)24-14-6-12(7-14)9-23-19(26)13-2-1-5-22-10-13/h1-5,8,10,12,14H,6-7,9,11H2,(H,23,26)(H,24,25). The second-order valence-electron chi connectivity index (χ2n) is 6.42. The van der Waals surface area contributed by atoms with Crippen molar-refractivity contribution < 1.29 is 18.7 Å². The van der Waals surface area contributed by atoms with Crippen LogP contribution in [-0.4, -0.2) is 36.0 Å². The summed E-state index contributed by atoms with van der Waals surface area (Å²) in [6, 6.07) is 7.50. The molecule has 142 valence electrons. The molecule has 1 fully saturated rings. The Labute approximate surface area is 161 Å². The van der Waals surface area contributed by atoms with Crippen molar-refractivity contribution in [3.8, 4) is 5.75 Å². The van der Waals surface area contributed by atoms with Crippen LogP contribution in [-0.2, 0) is 4.79 Å². The zero-order valence-corrected chi connectivity index (χ0v) is 15.2. The SMILES string of the molecule is O=C(COc1ccc(Cl)c(F)c1)NC1CC(CNC(=O)c2cccnc2)C1. The average Bonchev–Trinajstić information content (AvgIpc) is 2.64. The molecule has 0 spiro atoms. The van der Waals surface area contributed by atoms with Gasteiger partial charge in [0.2, 0.25) is 0 Å². The van der Waals surface area contributed by atoms with E-state index in [1.54, 1.807) is 18.3 Å². The molecule has 6 nitrogen and oxygen atoms in total. The van der Waals surface area contributed by atoms with Crippen molar-refractivity contribution in [1.29, 1.82) is 0 Å². The molecule has 2 aromatic rings. The number of carbonyl (C=O) groups excluding carboxylic acids is 2. The molecule has 1 heterocycles. The maximum Gasteiger partial charge on any atom is 0.258 e. The van der Waals surface area contributed by atoms with Gasteiger partial charge in [0.1, 0.15) is 11.6 Å². The van der Waals surface area contributed by atoms with E-state index in [0.29, 0.717) is 18.0 Å². The first kappa shape index (κ1) is 19.1. The van der Waals surface area contributed by atoms with Gasteiger partial charge in [-0.25, -0.2) is 4.39 Å². The Hall–Kier alpha value is -2.67. The van der Waals surface area contributed by atoms with E-state index in [0.717, 1.165) is 18.9 Å². The summed E-state index contributed by atoms with van der Waals surface area (Å²) >= 11 is 5.59. The highest BCUT2D eigenvalue weighted by atomic mass is 35.5. The number of hydrogen-bond acceptors (Lipinski definition) is 4. The molecule has 0 radical (unpaired) electrons. The van der Waals surface area contributed by atoms with Crippen molar-refractivity contribution in [3.63, 3.8) is 0 Å². The molecule has 27 heavy (non-hydrogen) atoms. The van der Waals surface area contributed by atoms with Gasteiger partial charge in [-0.3, -0.25) is 14.6 Å². The third-order valence-electron chi connectivity index (χ3n) is 4.34. The maximum atomic E-state index is 13.3. The molecule has 2 amide bonds. The second-order valence-corrected chi connectivity index (χ2v) is 6.83. The zero-order chi connectivity index (χ0) is 19.2. The lowest BCUT2D eigenvalue weighted by Crippen LogP contribution is -2.48. The molecule has 0 unspecified atom stereocenters. The van der Waals surface area contributed by atoms with Gasteiger partial charge in [-0.15, -0.1) is 0 Å². The summed E-state index contributed by atoms with van der Waals surface area (Å²) < 4.78 is 18.6. The van der Waals surface area contributed by atoms with Gasteiger partial charge in [-0.1, -0.05) is 11.6 Å². The van der Waals surface area contributed by atoms with Crippen LogP contribution >= 0.6 is 11.6 Å². The fourth-order valence-electron chi connectivity index (χ4n) is 2.84. The Morgan fingerprint density at radius 1 is 1.30 bits per heavy atom. The molecule has 1 aliphatic rings. The highest BCUT2D eigenvalue weighted by Crippen LogP contribution is 2.26. The number of nitrogens with zero attached hydrogens (tertiary/aromatic N) is 1. The smallest absolute Gasteiger partial charge is 0.258 e. The van der Waals surface area contributed by atoms with E-state index in [1.807, 2.05) is 0 Å². The Balaban J connectivity index is 1.32. The first-order valence-corrected chi connectivity index (χ1v) is 8.94. The molecule has 3 rings (SSSR count). The van der Waals surface area contributed by atoms with Gasteiger partial charge in [-0.2, -0.15) is 0 Å². The Bertz CT molecular complexity index is 813. The fourth-order valence-corrected chi connectivity index (χ4v) is 2.96. The van der Waals surface area contributed by atoms with E-state index >= 15 is 0 Å². The van der Waals surface area contributed by atoms with Crippen LogP contribution in [0.25, 0.3) is 0 Å². The largest absolute Gasteiger partial charge is 0.484 e. The molecule has 8 heteroatoms. The molecule has 1 aliphatic carbocycles. The van der Waals surface area contributed by atoms with E-state index < -0.39 is 5.82 Å². The van der Waals surface area contributed by atoms with Crippen LogP contribution in [0.1, 0.15) is 23.2 Å². The number of aromatic nitrogens is 1. The molecule has 1 saturated carbocycles. The summed E-state index contributed by atoms with van der Waals surface area (Å²) in [6.45, 7) is 0.362. The monoisotopic (exact) mass is 391 g/mol. The van der Waals surface area contributed by atoms with E-state index in [9.17, 15) is 14.0 Å². The average molecular weight is 392 g/mol. The highest BCUT2D eigenvalue weighted by molar-refractivity contribution is 6.30. The normalized spacial score (nSPS) is 18.3. The Kier molecular flexibility index (Phi) is 6.24. The topological polar surface area (TPSA) is 80.3 Å². The van der Waals surface area contributed by atoms with Crippen LogP contribution in [0, 0.1) is 11.7 Å². The fraction of sp³-hybridized carbons (Fsp3) is 0.316. The van der Waals surface area contributed by atoms with Gasteiger partial charge in [0.05, 0.1) is 10.6 Å². The van der Waals surface area contributed by atoms with Crippen LogP contribution in [0.3, 0.4) is 0 Å². The third-order valence-corrected chi connectivity index (χ3v) is 4.64. The van der Waals surface area contributed by atoms with Gasteiger partial charge in [0.15, 0.2) is 6.61 Å². The first-order valence-electron chi connectivity index (χ1n) is 8.56. The summed E-state index contributed by atoms with van der Waals surface area (Å²) in [5, 5.41) is 5.73. The van der Waals surface area contributed by atoms with Crippen LogP contribution in [0.5, 0.6) is 5.75 Å². The van der Waals surface area contributed by atoms with Gasteiger partial charge in [0.25, 0.3) is 11.8 Å². The van der Waals surface area contributed by atoms with Gasteiger partial charge in [-0.05, 0) is 43.0 Å². The van der Waals surface area contributed by atoms with Crippen molar-refractivity contribution in [2.75, 3.05) is 13.2 Å². The van der Waals surface area contributed by atoms with Crippen LogP contribution in [0.2, 0.25) is 5.02 Å². The number of amides is 2. The molecular weight excluding hydrogens is 373 g/mol. The minimum absolute atomic E-state index is 0.00271. The predicted octanol–water partition coefficient (Wildman–Crippen LogP) is 2.58. The third kappa shape index (κ3) is 5.40. The van der Waals surface area contributed by atoms with E-state index in [1.165, 1.54) is 18.3 Å². The van der Waals surface area contributed by atoms with E-state index in [4.69, 9.17) is 16.3 Å². The molecule has 0 atom stereocenters.